The smallest absolute Gasteiger partial charge is 0.282 e. The van der Waals surface area contributed by atoms with E-state index in [1.165, 1.54) is 0 Å². The quantitative estimate of drug-likeness (QED) is 0.764. The summed E-state index contributed by atoms with van der Waals surface area (Å²) in [5.74, 6) is -4.75. The summed E-state index contributed by atoms with van der Waals surface area (Å²) in [5.41, 5.74) is 0.228. The first-order chi connectivity index (χ1) is 7.43. The molecule has 0 saturated carbocycles. The maximum absolute atomic E-state index is 12.7. The number of hydrogen-bond donors (Lipinski definition) is 2. The number of nitrogens with one attached hydrogen (secondary N) is 1. The fraction of sp³-hybridized carbons (Fsp3) is 0.400. The van der Waals surface area contributed by atoms with Gasteiger partial charge in [0.15, 0.2) is 0 Å². The number of hydrogen-bond acceptors (Lipinski definition) is 2. The Morgan fingerprint density at radius 3 is 2.19 bits per heavy atom. The van der Waals surface area contributed by atoms with Crippen molar-refractivity contribution >= 4 is 0 Å². The van der Waals surface area contributed by atoms with E-state index in [2.05, 4.69) is 5.32 Å². The molecule has 0 radical (unpaired) electrons. The number of alkyl halides is 2. The van der Waals surface area contributed by atoms with Crippen LogP contribution in [0.2, 0.25) is 0 Å². The molecular formula is C10H11F4NO. The first kappa shape index (κ1) is 12.9. The fourth-order valence-corrected chi connectivity index (χ4v) is 1.16. The lowest BCUT2D eigenvalue weighted by atomic mass is 10.2. The molecule has 0 spiro atoms. The van der Waals surface area contributed by atoms with Crippen molar-refractivity contribution in [3.05, 3.63) is 35.4 Å². The third-order valence-electron chi connectivity index (χ3n) is 1.87. The molecule has 1 aromatic rings. The Hall–Kier alpha value is -1.14. The summed E-state index contributed by atoms with van der Waals surface area (Å²) >= 11 is 0. The number of halogens is 4. The van der Waals surface area contributed by atoms with Crippen LogP contribution in [0.5, 0.6) is 0 Å². The van der Waals surface area contributed by atoms with Gasteiger partial charge in [0.25, 0.3) is 5.92 Å². The number of benzene rings is 1. The van der Waals surface area contributed by atoms with Gasteiger partial charge in [0, 0.05) is 12.6 Å². The highest BCUT2D eigenvalue weighted by atomic mass is 19.3. The monoisotopic (exact) mass is 237 g/mol. The van der Waals surface area contributed by atoms with Crippen molar-refractivity contribution in [2.45, 2.75) is 12.5 Å². The fourth-order valence-electron chi connectivity index (χ4n) is 1.16. The van der Waals surface area contributed by atoms with Gasteiger partial charge in [0.05, 0.1) is 6.54 Å². The first-order valence-electron chi connectivity index (χ1n) is 4.57. The maximum atomic E-state index is 12.7. The van der Waals surface area contributed by atoms with Crippen LogP contribution in [0.1, 0.15) is 5.56 Å². The molecule has 2 nitrogen and oxygen atoms in total. The highest BCUT2D eigenvalue weighted by Crippen LogP contribution is 2.11. The molecule has 90 valence electrons. The van der Waals surface area contributed by atoms with Gasteiger partial charge in [-0.05, 0) is 17.7 Å². The minimum atomic E-state index is -3.23. The van der Waals surface area contributed by atoms with Crippen LogP contribution in [-0.2, 0) is 6.54 Å². The number of aliphatic hydroxyl groups is 1. The average molecular weight is 237 g/mol. The Kier molecular flexibility index (Phi) is 4.26. The van der Waals surface area contributed by atoms with Crippen LogP contribution in [-0.4, -0.2) is 24.2 Å². The molecule has 6 heteroatoms. The summed E-state index contributed by atoms with van der Waals surface area (Å²) in [6.07, 6.45) is 0. The number of rotatable bonds is 5. The molecule has 0 amide bonds. The van der Waals surface area contributed by atoms with Gasteiger partial charge in [-0.25, -0.2) is 17.6 Å². The summed E-state index contributed by atoms with van der Waals surface area (Å²) in [4.78, 5) is 0. The molecule has 16 heavy (non-hydrogen) atoms. The molecule has 0 unspecified atom stereocenters. The third kappa shape index (κ3) is 4.16. The lowest BCUT2D eigenvalue weighted by Gasteiger charge is -2.13. The Balaban J connectivity index is 2.49. The molecular weight excluding hydrogens is 226 g/mol. The third-order valence-corrected chi connectivity index (χ3v) is 1.87. The van der Waals surface area contributed by atoms with Crippen molar-refractivity contribution in [1.29, 1.82) is 0 Å². The maximum Gasteiger partial charge on any atom is 0.282 e. The number of aliphatic hydroxyl groups excluding tert-OH is 1. The second-order valence-corrected chi connectivity index (χ2v) is 3.40. The summed E-state index contributed by atoms with van der Waals surface area (Å²) in [6.45, 7) is -2.11. The van der Waals surface area contributed by atoms with Crippen LogP contribution in [0.25, 0.3) is 0 Å². The molecule has 0 aliphatic heterocycles. The molecule has 0 aliphatic carbocycles. The second-order valence-electron chi connectivity index (χ2n) is 3.40. The van der Waals surface area contributed by atoms with Crippen LogP contribution in [0, 0.1) is 11.6 Å². The van der Waals surface area contributed by atoms with Crippen LogP contribution in [0.4, 0.5) is 17.6 Å². The standard InChI is InChI=1S/C10H11F4NO/c11-8-1-7(2-9(12)3-8)4-15-5-10(13,14)6-16/h1-3,15-16H,4-6H2. The van der Waals surface area contributed by atoms with Gasteiger partial charge >= 0.3 is 0 Å². The summed E-state index contributed by atoms with van der Waals surface area (Å²) < 4.78 is 50.5. The van der Waals surface area contributed by atoms with E-state index >= 15 is 0 Å². The Morgan fingerprint density at radius 1 is 1.12 bits per heavy atom. The molecule has 1 aromatic carbocycles. The molecule has 0 atom stereocenters. The lowest BCUT2D eigenvalue weighted by Crippen LogP contribution is -2.35. The lowest BCUT2D eigenvalue weighted by molar-refractivity contribution is -0.0477. The average Bonchev–Trinajstić information content (AvgIpc) is 2.16. The molecule has 0 fully saturated rings. The normalized spacial score (nSPS) is 11.8. The zero-order valence-electron chi connectivity index (χ0n) is 8.31. The highest BCUT2D eigenvalue weighted by molar-refractivity contribution is 5.17. The predicted molar refractivity (Wildman–Crippen MR) is 50.1 cm³/mol. The Morgan fingerprint density at radius 2 is 1.69 bits per heavy atom. The molecule has 2 N–H and O–H groups in total. The SMILES string of the molecule is OCC(F)(F)CNCc1cc(F)cc(F)c1. The van der Waals surface area contributed by atoms with Crippen LogP contribution < -0.4 is 5.32 Å². The molecule has 0 bridgehead atoms. The van der Waals surface area contributed by atoms with Crippen molar-refractivity contribution < 1.29 is 22.7 Å². The minimum Gasteiger partial charge on any atom is -0.390 e. The largest absolute Gasteiger partial charge is 0.390 e. The van der Waals surface area contributed by atoms with E-state index < -0.39 is 30.7 Å². The van der Waals surface area contributed by atoms with E-state index in [0.717, 1.165) is 12.1 Å². The Bertz CT molecular complexity index is 336. The Labute approximate surface area is 89.9 Å². The van der Waals surface area contributed by atoms with E-state index in [0.29, 0.717) is 6.07 Å². The first-order valence-corrected chi connectivity index (χ1v) is 4.57. The molecule has 1 rings (SSSR count). The highest BCUT2D eigenvalue weighted by Gasteiger charge is 2.26. The van der Waals surface area contributed by atoms with Gasteiger partial charge in [-0.15, -0.1) is 0 Å². The van der Waals surface area contributed by atoms with Gasteiger partial charge < -0.3 is 10.4 Å². The second kappa shape index (κ2) is 5.27. The molecule has 0 saturated heterocycles. The van der Waals surface area contributed by atoms with Crippen LogP contribution in [0.15, 0.2) is 18.2 Å². The molecule has 0 aromatic heterocycles. The zero-order valence-corrected chi connectivity index (χ0v) is 8.31. The van der Waals surface area contributed by atoms with Crippen molar-refractivity contribution in [3.8, 4) is 0 Å². The van der Waals surface area contributed by atoms with E-state index in [4.69, 9.17) is 5.11 Å². The zero-order chi connectivity index (χ0) is 12.2. The van der Waals surface area contributed by atoms with Crippen LogP contribution in [0.3, 0.4) is 0 Å². The predicted octanol–water partition coefficient (Wildman–Crippen LogP) is 1.68. The van der Waals surface area contributed by atoms with E-state index in [1.807, 2.05) is 0 Å². The van der Waals surface area contributed by atoms with Crippen molar-refractivity contribution in [1.82, 2.24) is 5.32 Å². The summed E-state index contributed by atoms with van der Waals surface area (Å²) in [7, 11) is 0. The van der Waals surface area contributed by atoms with Crippen molar-refractivity contribution in [2.75, 3.05) is 13.2 Å². The van der Waals surface area contributed by atoms with E-state index in [9.17, 15) is 17.6 Å². The van der Waals surface area contributed by atoms with Crippen molar-refractivity contribution in [3.63, 3.8) is 0 Å². The van der Waals surface area contributed by atoms with Crippen molar-refractivity contribution in [2.24, 2.45) is 0 Å². The van der Waals surface area contributed by atoms with Gasteiger partial charge in [-0.2, -0.15) is 0 Å². The topological polar surface area (TPSA) is 32.3 Å². The van der Waals surface area contributed by atoms with E-state index in [1.54, 1.807) is 0 Å². The van der Waals surface area contributed by atoms with Gasteiger partial charge in [0.1, 0.15) is 18.2 Å². The van der Waals surface area contributed by atoms with Gasteiger partial charge in [0.2, 0.25) is 0 Å². The van der Waals surface area contributed by atoms with E-state index in [-0.39, 0.29) is 12.1 Å². The van der Waals surface area contributed by atoms with Gasteiger partial charge in [-0.1, -0.05) is 0 Å². The van der Waals surface area contributed by atoms with Gasteiger partial charge in [-0.3, -0.25) is 0 Å². The molecule has 0 aliphatic rings. The molecule has 0 heterocycles. The summed E-state index contributed by atoms with van der Waals surface area (Å²) in [5, 5.41) is 10.6. The van der Waals surface area contributed by atoms with Crippen LogP contribution >= 0.6 is 0 Å². The minimum absolute atomic E-state index is 0.0930. The summed E-state index contributed by atoms with van der Waals surface area (Å²) in [6, 6.07) is 2.80.